The lowest BCUT2D eigenvalue weighted by atomic mass is 9.86. The maximum atomic E-state index is 11.0. The van der Waals surface area contributed by atoms with Crippen LogP contribution in [-0.4, -0.2) is 16.1 Å². The van der Waals surface area contributed by atoms with Gasteiger partial charge in [-0.25, -0.2) is 9.78 Å². The number of aromatic carboxylic acids is 1. The van der Waals surface area contributed by atoms with E-state index in [1.165, 1.54) is 11.3 Å². The highest BCUT2D eigenvalue weighted by atomic mass is 32.1. The van der Waals surface area contributed by atoms with E-state index in [4.69, 9.17) is 9.84 Å². The zero-order valence-corrected chi connectivity index (χ0v) is 16.1. The van der Waals surface area contributed by atoms with Crippen LogP contribution in [0.4, 0.5) is 0 Å². The van der Waals surface area contributed by atoms with Crippen molar-refractivity contribution in [3.63, 3.8) is 0 Å². The normalized spacial score (nSPS) is 11.4. The van der Waals surface area contributed by atoms with Gasteiger partial charge in [0.15, 0.2) is 5.69 Å². The summed E-state index contributed by atoms with van der Waals surface area (Å²) in [6, 6.07) is 13.8. The van der Waals surface area contributed by atoms with Crippen LogP contribution in [0.5, 0.6) is 11.5 Å². The van der Waals surface area contributed by atoms with Gasteiger partial charge < -0.3 is 9.84 Å². The summed E-state index contributed by atoms with van der Waals surface area (Å²) in [6.45, 7) is 8.53. The fraction of sp³-hybridized carbons (Fsp3) is 0.238. The van der Waals surface area contributed by atoms with E-state index in [0.29, 0.717) is 5.01 Å². The van der Waals surface area contributed by atoms with Crippen molar-refractivity contribution < 1.29 is 14.6 Å². The molecule has 0 spiro atoms. The van der Waals surface area contributed by atoms with Crippen LogP contribution in [0.3, 0.4) is 0 Å². The zero-order valence-electron chi connectivity index (χ0n) is 15.2. The molecule has 1 N–H and O–H groups in total. The van der Waals surface area contributed by atoms with E-state index in [2.05, 4.69) is 44.0 Å². The van der Waals surface area contributed by atoms with E-state index in [1.54, 1.807) is 5.38 Å². The Kier molecular flexibility index (Phi) is 4.83. The topological polar surface area (TPSA) is 59.4 Å². The largest absolute Gasteiger partial charge is 0.476 e. The summed E-state index contributed by atoms with van der Waals surface area (Å²) in [7, 11) is 0. The second-order valence-corrected chi connectivity index (χ2v) is 8.08. The molecule has 1 heterocycles. The van der Waals surface area contributed by atoms with Gasteiger partial charge in [-0.1, -0.05) is 32.9 Å². The number of carboxylic acids is 1. The van der Waals surface area contributed by atoms with Crippen LogP contribution in [0, 0.1) is 6.92 Å². The van der Waals surface area contributed by atoms with Crippen LogP contribution < -0.4 is 4.74 Å². The molecule has 3 rings (SSSR count). The Hall–Kier alpha value is -2.66. The molecular weight excluding hydrogens is 346 g/mol. The quantitative estimate of drug-likeness (QED) is 0.623. The molecule has 0 atom stereocenters. The Morgan fingerprint density at radius 3 is 2.38 bits per heavy atom. The van der Waals surface area contributed by atoms with Crippen LogP contribution in [0.2, 0.25) is 0 Å². The van der Waals surface area contributed by atoms with Crippen LogP contribution in [0.15, 0.2) is 47.8 Å². The van der Waals surface area contributed by atoms with E-state index >= 15 is 0 Å². The highest BCUT2D eigenvalue weighted by molar-refractivity contribution is 7.13. The van der Waals surface area contributed by atoms with Crippen molar-refractivity contribution in [2.45, 2.75) is 33.1 Å². The van der Waals surface area contributed by atoms with E-state index in [0.717, 1.165) is 28.2 Å². The molecule has 0 radical (unpaired) electrons. The van der Waals surface area contributed by atoms with Crippen molar-refractivity contribution in [2.75, 3.05) is 0 Å². The predicted molar refractivity (Wildman–Crippen MR) is 104 cm³/mol. The molecule has 0 fully saturated rings. The van der Waals surface area contributed by atoms with Gasteiger partial charge in [-0.05, 0) is 48.2 Å². The van der Waals surface area contributed by atoms with Crippen molar-refractivity contribution in [3.8, 4) is 22.1 Å². The Morgan fingerprint density at radius 2 is 1.81 bits per heavy atom. The van der Waals surface area contributed by atoms with E-state index < -0.39 is 5.97 Å². The third-order valence-electron chi connectivity index (χ3n) is 4.00. The smallest absolute Gasteiger partial charge is 0.355 e. The zero-order chi connectivity index (χ0) is 18.9. The van der Waals surface area contributed by atoms with Crippen molar-refractivity contribution >= 4 is 17.3 Å². The van der Waals surface area contributed by atoms with Crippen LogP contribution >= 0.6 is 11.3 Å². The van der Waals surface area contributed by atoms with Crippen LogP contribution in [0.25, 0.3) is 10.6 Å². The molecule has 5 heteroatoms. The molecule has 0 aliphatic heterocycles. The maximum absolute atomic E-state index is 11.0. The van der Waals surface area contributed by atoms with Gasteiger partial charge in [0.1, 0.15) is 16.5 Å². The number of ether oxygens (including phenoxy) is 1. The number of hydrogen-bond acceptors (Lipinski definition) is 4. The van der Waals surface area contributed by atoms with Gasteiger partial charge in [-0.15, -0.1) is 11.3 Å². The summed E-state index contributed by atoms with van der Waals surface area (Å²) in [5, 5.41) is 11.2. The second kappa shape index (κ2) is 6.92. The van der Waals surface area contributed by atoms with Gasteiger partial charge >= 0.3 is 5.97 Å². The lowest BCUT2D eigenvalue weighted by Gasteiger charge is -2.23. The lowest BCUT2D eigenvalue weighted by molar-refractivity contribution is 0.0691. The number of aryl methyl sites for hydroxylation is 1. The minimum Gasteiger partial charge on any atom is -0.476 e. The summed E-state index contributed by atoms with van der Waals surface area (Å²) >= 11 is 1.32. The van der Waals surface area contributed by atoms with Crippen molar-refractivity contribution in [2.24, 2.45) is 0 Å². The van der Waals surface area contributed by atoms with Crippen molar-refractivity contribution in [3.05, 3.63) is 64.7 Å². The molecule has 1 aromatic heterocycles. The number of thiazole rings is 1. The van der Waals surface area contributed by atoms with Crippen molar-refractivity contribution in [1.29, 1.82) is 0 Å². The fourth-order valence-corrected chi connectivity index (χ4v) is 3.43. The molecule has 3 aromatic rings. The fourth-order valence-electron chi connectivity index (χ4n) is 2.63. The first-order chi connectivity index (χ1) is 12.2. The molecule has 134 valence electrons. The van der Waals surface area contributed by atoms with Gasteiger partial charge in [0, 0.05) is 16.5 Å². The predicted octanol–water partition coefficient (Wildman–Crippen LogP) is 5.91. The number of hydrogen-bond donors (Lipinski definition) is 1. The highest BCUT2D eigenvalue weighted by Crippen LogP contribution is 2.35. The molecule has 0 unspecified atom stereocenters. The van der Waals surface area contributed by atoms with Crippen LogP contribution in [-0.2, 0) is 5.41 Å². The van der Waals surface area contributed by atoms with Crippen LogP contribution in [0.1, 0.15) is 42.4 Å². The maximum Gasteiger partial charge on any atom is 0.355 e. The number of nitrogens with zero attached hydrogens (tertiary/aromatic N) is 1. The summed E-state index contributed by atoms with van der Waals surface area (Å²) in [5.41, 5.74) is 3.22. The number of rotatable bonds is 4. The van der Waals surface area contributed by atoms with Gasteiger partial charge in [0.2, 0.25) is 0 Å². The molecule has 4 nitrogen and oxygen atoms in total. The standard InChI is InChI=1S/C21H21NO3S/c1-13-5-10-16(21(2,3)4)18(11-13)25-15-8-6-14(7-9-15)19-22-17(12-26-19)20(23)24/h5-12H,1-4H3,(H,23,24). The van der Waals surface area contributed by atoms with Gasteiger partial charge in [-0.2, -0.15) is 0 Å². The number of aromatic nitrogens is 1. The molecule has 0 aliphatic rings. The van der Waals surface area contributed by atoms with Gasteiger partial charge in [0.25, 0.3) is 0 Å². The Morgan fingerprint density at radius 1 is 1.12 bits per heavy atom. The van der Waals surface area contributed by atoms with Gasteiger partial charge in [-0.3, -0.25) is 0 Å². The monoisotopic (exact) mass is 367 g/mol. The Balaban J connectivity index is 1.86. The van der Waals surface area contributed by atoms with Crippen molar-refractivity contribution in [1.82, 2.24) is 4.98 Å². The molecule has 0 aliphatic carbocycles. The summed E-state index contributed by atoms with van der Waals surface area (Å²) in [5.74, 6) is 0.578. The Bertz CT molecular complexity index is 937. The van der Waals surface area contributed by atoms with Gasteiger partial charge in [0.05, 0.1) is 0 Å². The molecule has 0 amide bonds. The van der Waals surface area contributed by atoms with E-state index in [1.807, 2.05) is 31.2 Å². The average molecular weight is 367 g/mol. The SMILES string of the molecule is Cc1ccc(C(C)(C)C)c(Oc2ccc(-c3nc(C(=O)O)cs3)cc2)c1. The van der Waals surface area contributed by atoms with E-state index in [-0.39, 0.29) is 11.1 Å². The number of carbonyl (C=O) groups is 1. The lowest BCUT2D eigenvalue weighted by Crippen LogP contribution is -2.12. The molecule has 0 saturated carbocycles. The minimum absolute atomic E-state index is 0.0168. The molecule has 26 heavy (non-hydrogen) atoms. The first-order valence-electron chi connectivity index (χ1n) is 8.32. The molecule has 0 bridgehead atoms. The third kappa shape index (κ3) is 3.94. The highest BCUT2D eigenvalue weighted by Gasteiger charge is 2.19. The molecule has 2 aromatic carbocycles. The average Bonchev–Trinajstić information content (AvgIpc) is 3.05. The summed E-state index contributed by atoms with van der Waals surface area (Å²) in [6.07, 6.45) is 0. The number of benzene rings is 2. The summed E-state index contributed by atoms with van der Waals surface area (Å²) in [4.78, 5) is 15.1. The first kappa shape index (κ1) is 18.1. The van der Waals surface area contributed by atoms with E-state index in [9.17, 15) is 4.79 Å². The first-order valence-corrected chi connectivity index (χ1v) is 9.20. The Labute approximate surface area is 157 Å². The minimum atomic E-state index is -1.01. The number of carboxylic acid groups (broad SMARTS) is 1. The third-order valence-corrected chi connectivity index (χ3v) is 4.89. The summed E-state index contributed by atoms with van der Waals surface area (Å²) < 4.78 is 6.14. The molecule has 0 saturated heterocycles. The molecular formula is C21H21NO3S. The second-order valence-electron chi connectivity index (χ2n) is 7.22.